The number of hydrogen-bond donors (Lipinski definition) is 0. The standard InChI is InChI=1S/C17H15N3O4S/c1-18-12(9-15(21)19(2)17(18)22)10-20-13-7-3-5-11-6-4-8-14(16(11)13)25(20,23)24/h3-9H,10H2,1-2H3. The van der Waals surface area contributed by atoms with E-state index in [-0.39, 0.29) is 11.4 Å². The highest BCUT2D eigenvalue weighted by Gasteiger charge is 2.35. The van der Waals surface area contributed by atoms with Gasteiger partial charge in [0.05, 0.1) is 17.1 Å². The lowest BCUT2D eigenvalue weighted by Gasteiger charge is -2.20. The topological polar surface area (TPSA) is 81.4 Å². The van der Waals surface area contributed by atoms with Crippen LogP contribution in [0.25, 0.3) is 10.8 Å². The highest BCUT2D eigenvalue weighted by Crippen LogP contribution is 2.42. The lowest BCUT2D eigenvalue weighted by atomic mass is 10.1. The Morgan fingerprint density at radius 1 is 0.960 bits per heavy atom. The summed E-state index contributed by atoms with van der Waals surface area (Å²) in [7, 11) is -0.832. The van der Waals surface area contributed by atoms with E-state index in [1.54, 1.807) is 24.3 Å². The molecule has 1 aliphatic heterocycles. The van der Waals surface area contributed by atoms with Crippen LogP contribution in [0.2, 0.25) is 0 Å². The summed E-state index contributed by atoms with van der Waals surface area (Å²) in [6.45, 7) is -0.0854. The summed E-state index contributed by atoms with van der Waals surface area (Å²) < 4.78 is 29.5. The molecule has 0 radical (unpaired) electrons. The molecule has 1 aromatic heterocycles. The first kappa shape index (κ1) is 15.6. The number of hydrogen-bond acceptors (Lipinski definition) is 4. The van der Waals surface area contributed by atoms with Gasteiger partial charge in [-0.15, -0.1) is 0 Å². The maximum Gasteiger partial charge on any atom is 0.330 e. The molecule has 0 atom stereocenters. The first-order valence-corrected chi connectivity index (χ1v) is 9.07. The van der Waals surface area contributed by atoms with E-state index in [9.17, 15) is 18.0 Å². The molecule has 0 fully saturated rings. The molecule has 128 valence electrons. The average molecular weight is 357 g/mol. The Balaban J connectivity index is 1.93. The third-order valence-electron chi connectivity index (χ3n) is 4.61. The summed E-state index contributed by atoms with van der Waals surface area (Å²) in [5.74, 6) is 0. The van der Waals surface area contributed by atoms with Crippen molar-refractivity contribution < 1.29 is 8.42 Å². The maximum absolute atomic E-state index is 13.0. The van der Waals surface area contributed by atoms with Crippen molar-refractivity contribution >= 4 is 26.5 Å². The minimum atomic E-state index is -3.74. The van der Waals surface area contributed by atoms with Crippen molar-refractivity contribution in [2.75, 3.05) is 4.31 Å². The van der Waals surface area contributed by atoms with Gasteiger partial charge in [0.2, 0.25) is 0 Å². The van der Waals surface area contributed by atoms with Gasteiger partial charge in [-0.3, -0.25) is 18.2 Å². The Bertz CT molecular complexity index is 1250. The molecular weight excluding hydrogens is 342 g/mol. The normalized spacial score (nSPS) is 15.0. The van der Waals surface area contributed by atoms with Gasteiger partial charge in [0.15, 0.2) is 0 Å². The van der Waals surface area contributed by atoms with Gasteiger partial charge in [-0.2, -0.15) is 0 Å². The Morgan fingerprint density at radius 3 is 2.36 bits per heavy atom. The van der Waals surface area contributed by atoms with Crippen LogP contribution in [0.3, 0.4) is 0 Å². The zero-order chi connectivity index (χ0) is 17.9. The second-order valence-electron chi connectivity index (χ2n) is 6.02. The third kappa shape index (κ3) is 2.07. The first-order valence-electron chi connectivity index (χ1n) is 7.63. The molecule has 2 heterocycles. The molecule has 8 heteroatoms. The van der Waals surface area contributed by atoms with Crippen LogP contribution in [-0.4, -0.2) is 17.6 Å². The Hall–Kier alpha value is -2.87. The largest absolute Gasteiger partial charge is 0.330 e. The summed E-state index contributed by atoms with van der Waals surface area (Å²) >= 11 is 0. The molecule has 0 unspecified atom stereocenters. The predicted octanol–water partition coefficient (Wildman–Crippen LogP) is 0.946. The molecule has 0 spiro atoms. The average Bonchev–Trinajstić information content (AvgIpc) is 2.81. The highest BCUT2D eigenvalue weighted by molar-refractivity contribution is 7.93. The van der Waals surface area contributed by atoms with Crippen molar-refractivity contribution in [2.45, 2.75) is 11.4 Å². The van der Waals surface area contributed by atoms with E-state index in [0.29, 0.717) is 16.8 Å². The molecule has 3 aromatic rings. The van der Waals surface area contributed by atoms with Crippen LogP contribution >= 0.6 is 0 Å². The van der Waals surface area contributed by atoms with Gasteiger partial charge in [0.1, 0.15) is 0 Å². The van der Waals surface area contributed by atoms with E-state index < -0.39 is 21.3 Å². The second kappa shape index (κ2) is 5.06. The fourth-order valence-electron chi connectivity index (χ4n) is 3.21. The van der Waals surface area contributed by atoms with Crippen LogP contribution in [0.4, 0.5) is 5.69 Å². The molecule has 0 N–H and O–H groups in total. The number of anilines is 1. The molecule has 7 nitrogen and oxygen atoms in total. The van der Waals surface area contributed by atoms with Crippen LogP contribution in [0.5, 0.6) is 0 Å². The van der Waals surface area contributed by atoms with E-state index in [2.05, 4.69) is 0 Å². The molecule has 0 amide bonds. The van der Waals surface area contributed by atoms with Gasteiger partial charge in [-0.25, -0.2) is 13.2 Å². The van der Waals surface area contributed by atoms with Crippen molar-refractivity contribution in [1.29, 1.82) is 0 Å². The fourth-order valence-corrected chi connectivity index (χ4v) is 4.89. The summed E-state index contributed by atoms with van der Waals surface area (Å²) in [5, 5.41) is 1.50. The Labute approximate surface area is 143 Å². The monoisotopic (exact) mass is 357 g/mol. The van der Waals surface area contributed by atoms with Gasteiger partial charge >= 0.3 is 5.69 Å². The van der Waals surface area contributed by atoms with E-state index in [1.165, 1.54) is 29.0 Å². The highest BCUT2D eigenvalue weighted by atomic mass is 32.2. The number of rotatable bonds is 2. The summed E-state index contributed by atoms with van der Waals surface area (Å²) in [5.41, 5.74) is -0.0667. The van der Waals surface area contributed by atoms with Crippen LogP contribution in [0.15, 0.2) is 56.9 Å². The van der Waals surface area contributed by atoms with Crippen molar-refractivity contribution in [3.8, 4) is 0 Å². The van der Waals surface area contributed by atoms with Gasteiger partial charge < -0.3 is 0 Å². The number of benzene rings is 2. The zero-order valence-corrected chi connectivity index (χ0v) is 14.4. The number of sulfonamides is 1. The van der Waals surface area contributed by atoms with E-state index in [0.717, 1.165) is 9.95 Å². The van der Waals surface area contributed by atoms with Crippen molar-refractivity contribution in [3.63, 3.8) is 0 Å². The van der Waals surface area contributed by atoms with Gasteiger partial charge in [-0.1, -0.05) is 24.3 Å². The lowest BCUT2D eigenvalue weighted by molar-refractivity contribution is 0.589. The van der Waals surface area contributed by atoms with Crippen molar-refractivity contribution in [1.82, 2.24) is 9.13 Å². The van der Waals surface area contributed by atoms with Crippen LogP contribution in [0.1, 0.15) is 5.69 Å². The quantitative estimate of drug-likeness (QED) is 0.684. The minimum absolute atomic E-state index is 0.0854. The fraction of sp³-hybridized carbons (Fsp3) is 0.176. The number of nitrogens with zero attached hydrogens (tertiary/aromatic N) is 3. The van der Waals surface area contributed by atoms with E-state index in [4.69, 9.17) is 0 Å². The second-order valence-corrected chi connectivity index (χ2v) is 7.85. The van der Waals surface area contributed by atoms with Gasteiger partial charge in [0.25, 0.3) is 15.6 Å². The minimum Gasteiger partial charge on any atom is -0.299 e. The summed E-state index contributed by atoms with van der Waals surface area (Å²) in [6.07, 6.45) is 0. The zero-order valence-electron chi connectivity index (χ0n) is 13.6. The summed E-state index contributed by atoms with van der Waals surface area (Å²) in [4.78, 5) is 24.3. The predicted molar refractivity (Wildman–Crippen MR) is 94.2 cm³/mol. The van der Waals surface area contributed by atoms with Crippen LogP contribution in [-0.2, 0) is 30.7 Å². The van der Waals surface area contributed by atoms with Crippen LogP contribution < -0.4 is 15.6 Å². The molecule has 0 saturated heterocycles. The molecule has 0 bridgehead atoms. The molecule has 0 aliphatic carbocycles. The molecule has 25 heavy (non-hydrogen) atoms. The van der Waals surface area contributed by atoms with E-state index in [1.807, 2.05) is 12.1 Å². The first-order chi connectivity index (χ1) is 11.8. The maximum atomic E-state index is 13.0. The Kier molecular flexibility index (Phi) is 3.17. The van der Waals surface area contributed by atoms with Gasteiger partial charge in [-0.05, 0) is 17.5 Å². The van der Waals surface area contributed by atoms with Crippen LogP contribution in [0, 0.1) is 0 Å². The SMILES string of the molecule is Cn1c(CN2c3cccc4cccc(c34)S2(=O)=O)cc(=O)n(C)c1=O. The Morgan fingerprint density at radius 2 is 1.64 bits per heavy atom. The molecule has 4 rings (SSSR count). The van der Waals surface area contributed by atoms with Crippen molar-refractivity contribution in [3.05, 3.63) is 69.0 Å². The molecule has 1 aliphatic rings. The molecule has 0 saturated carbocycles. The molecular formula is C17H15N3O4S. The van der Waals surface area contributed by atoms with Crippen molar-refractivity contribution in [2.24, 2.45) is 14.1 Å². The lowest BCUT2D eigenvalue weighted by Crippen LogP contribution is -2.40. The van der Waals surface area contributed by atoms with E-state index >= 15 is 0 Å². The number of aromatic nitrogens is 2. The summed E-state index contributed by atoms with van der Waals surface area (Å²) in [6, 6.07) is 11.8. The molecule has 2 aromatic carbocycles. The smallest absolute Gasteiger partial charge is 0.299 e. The van der Waals surface area contributed by atoms with Gasteiger partial charge in [0, 0.05) is 31.2 Å². The third-order valence-corrected chi connectivity index (χ3v) is 6.41.